The number of para-hydroxylation sites is 1. The van der Waals surface area contributed by atoms with Crippen LogP contribution in [0.3, 0.4) is 0 Å². The molecule has 4 rings (SSSR count). The Kier molecular flexibility index (Phi) is 6.58. The maximum Gasteiger partial charge on any atom is 0.272 e. The fraction of sp³-hybridized carbons (Fsp3) is 0.300. The first kappa shape index (κ1) is 21.6. The van der Waals surface area contributed by atoms with E-state index in [0.717, 1.165) is 31.9 Å². The lowest BCUT2D eigenvalue weighted by molar-refractivity contribution is -0.0980. The van der Waals surface area contributed by atoms with Gasteiger partial charge >= 0.3 is 0 Å². The Balaban J connectivity index is 0.00000124. The van der Waals surface area contributed by atoms with E-state index in [1.807, 2.05) is 6.79 Å². The first-order valence-electron chi connectivity index (χ1n) is 9.25. The Morgan fingerprint density at radius 2 is 1.80 bits per heavy atom. The van der Waals surface area contributed by atoms with Gasteiger partial charge in [-0.25, -0.2) is 12.4 Å². The van der Waals surface area contributed by atoms with Crippen LogP contribution in [0.1, 0.15) is 0 Å². The Hall–Kier alpha value is -3.11. The van der Waals surface area contributed by atoms with E-state index in [2.05, 4.69) is 15.2 Å². The number of hydrogen-bond acceptors (Lipinski definition) is 8. The van der Waals surface area contributed by atoms with Gasteiger partial charge in [-0.1, -0.05) is 6.07 Å². The van der Waals surface area contributed by atoms with E-state index in [0.29, 0.717) is 16.8 Å². The predicted molar refractivity (Wildman–Crippen MR) is 114 cm³/mol. The van der Waals surface area contributed by atoms with Crippen LogP contribution in [0.4, 0.5) is 5.69 Å². The molecule has 0 bridgehead atoms. The summed E-state index contributed by atoms with van der Waals surface area (Å²) in [6, 6.07) is 8.31. The van der Waals surface area contributed by atoms with Crippen LogP contribution >= 0.6 is 0 Å². The number of carbonyl (C=O) groups is 1. The number of methoxy groups -OCH3 is 2. The zero-order valence-corrected chi connectivity index (χ0v) is 17.7. The minimum absolute atomic E-state index is 0.0435. The summed E-state index contributed by atoms with van der Waals surface area (Å²) < 4.78 is 39.0. The summed E-state index contributed by atoms with van der Waals surface area (Å²) in [5, 5.41) is 3.31. The summed E-state index contributed by atoms with van der Waals surface area (Å²) in [7, 11) is -1.02. The molecule has 0 atom stereocenters. The zero-order valence-electron chi connectivity index (χ0n) is 16.9. The molecule has 1 aliphatic heterocycles. The second-order valence-corrected chi connectivity index (χ2v) is 8.20. The van der Waals surface area contributed by atoms with Crippen molar-refractivity contribution < 1.29 is 22.7 Å². The number of aromatic nitrogens is 2. The molecule has 0 amide bonds. The molecular weight excluding hydrogens is 408 g/mol. The van der Waals surface area contributed by atoms with Gasteiger partial charge in [-0.05, 0) is 24.3 Å². The number of pyridine rings is 1. The summed E-state index contributed by atoms with van der Waals surface area (Å²) in [5.41, 5.74) is 2.00. The number of carbonyl (C=O) groups excluding carboxylic acids is 1. The number of ether oxygens (including phenoxy) is 2. The molecule has 1 fully saturated rings. The van der Waals surface area contributed by atoms with Crippen LogP contribution in [0, 0.1) is 0 Å². The second kappa shape index (κ2) is 9.14. The molecule has 0 spiro atoms. The van der Waals surface area contributed by atoms with Crippen LogP contribution in [0.15, 0.2) is 47.6 Å². The van der Waals surface area contributed by atoms with Crippen molar-refractivity contribution in [1.29, 1.82) is 0 Å². The van der Waals surface area contributed by atoms with Crippen molar-refractivity contribution in [3.05, 3.63) is 42.7 Å². The van der Waals surface area contributed by atoms with Crippen molar-refractivity contribution in [2.75, 3.05) is 45.3 Å². The van der Waals surface area contributed by atoms with E-state index in [4.69, 9.17) is 14.3 Å². The van der Waals surface area contributed by atoms with Gasteiger partial charge in [0, 0.05) is 38.6 Å². The molecule has 10 heteroatoms. The third-order valence-corrected chi connectivity index (χ3v) is 6.56. The molecule has 30 heavy (non-hydrogen) atoms. The molecule has 0 unspecified atom stereocenters. The highest BCUT2D eigenvalue weighted by atomic mass is 32.2. The van der Waals surface area contributed by atoms with Crippen molar-refractivity contribution in [1.82, 2.24) is 14.3 Å². The highest BCUT2D eigenvalue weighted by molar-refractivity contribution is 7.90. The Morgan fingerprint density at radius 3 is 2.47 bits per heavy atom. The first-order chi connectivity index (χ1) is 14.6. The van der Waals surface area contributed by atoms with E-state index in [1.54, 1.807) is 36.7 Å². The molecule has 1 aromatic carbocycles. The van der Waals surface area contributed by atoms with Gasteiger partial charge in [-0.2, -0.15) is 0 Å². The summed E-state index contributed by atoms with van der Waals surface area (Å²) in [6.07, 6.45) is 3.33. The molecule has 2 aromatic heterocycles. The molecule has 0 saturated carbocycles. The summed E-state index contributed by atoms with van der Waals surface area (Å²) in [6.45, 7) is 5.27. The van der Waals surface area contributed by atoms with Crippen LogP contribution in [-0.4, -0.2) is 64.6 Å². The van der Waals surface area contributed by atoms with Gasteiger partial charge in [0.2, 0.25) is 0 Å². The van der Waals surface area contributed by atoms with Crippen molar-refractivity contribution in [2.45, 2.75) is 4.90 Å². The maximum atomic E-state index is 13.6. The number of nitrogens with one attached hydrogen (secondary N) is 1. The molecule has 0 radical (unpaired) electrons. The highest BCUT2D eigenvalue weighted by Gasteiger charge is 2.28. The Morgan fingerprint density at radius 1 is 1.07 bits per heavy atom. The number of rotatable bonds is 5. The number of nitrogens with zero attached hydrogens (tertiary/aromatic N) is 3. The highest BCUT2D eigenvalue weighted by Crippen LogP contribution is 2.37. The van der Waals surface area contributed by atoms with Crippen LogP contribution < -0.4 is 19.7 Å². The van der Waals surface area contributed by atoms with Gasteiger partial charge in [0.05, 0.1) is 25.4 Å². The summed E-state index contributed by atoms with van der Waals surface area (Å²) in [5.74, 6) is 0.542. The SMILES string of the molecule is C=O.COc1cccc(S(=O)(=O)n2cc(N3CCNCC3)c3ncccc32)c1OC. The zero-order chi connectivity index (χ0) is 21.7. The summed E-state index contributed by atoms with van der Waals surface area (Å²) >= 11 is 0. The fourth-order valence-corrected chi connectivity index (χ4v) is 5.04. The van der Waals surface area contributed by atoms with Crippen LogP contribution in [-0.2, 0) is 14.8 Å². The average Bonchev–Trinajstić information content (AvgIpc) is 3.21. The molecule has 0 aliphatic carbocycles. The normalized spacial score (nSPS) is 14.1. The van der Waals surface area contributed by atoms with Crippen molar-refractivity contribution in [3.63, 3.8) is 0 Å². The van der Waals surface area contributed by atoms with Gasteiger partial charge in [0.1, 0.15) is 17.2 Å². The van der Waals surface area contributed by atoms with E-state index >= 15 is 0 Å². The quantitative estimate of drug-likeness (QED) is 0.647. The smallest absolute Gasteiger partial charge is 0.272 e. The van der Waals surface area contributed by atoms with Crippen LogP contribution in [0.25, 0.3) is 11.0 Å². The Bertz CT molecular complexity index is 1120. The number of hydrogen-bond donors (Lipinski definition) is 1. The van der Waals surface area contributed by atoms with Crippen molar-refractivity contribution >= 4 is 33.5 Å². The van der Waals surface area contributed by atoms with Gasteiger partial charge in [-0.15, -0.1) is 0 Å². The van der Waals surface area contributed by atoms with Crippen molar-refractivity contribution in [2.24, 2.45) is 0 Å². The molecule has 3 aromatic rings. The lowest BCUT2D eigenvalue weighted by atomic mass is 10.3. The number of benzene rings is 1. The lowest BCUT2D eigenvalue weighted by Gasteiger charge is -2.28. The predicted octanol–water partition coefficient (Wildman–Crippen LogP) is 1.52. The first-order valence-corrected chi connectivity index (χ1v) is 10.7. The minimum atomic E-state index is -3.93. The van der Waals surface area contributed by atoms with E-state index in [-0.39, 0.29) is 10.6 Å². The summed E-state index contributed by atoms with van der Waals surface area (Å²) in [4.78, 5) is 14.7. The molecule has 1 N–H and O–H groups in total. The monoisotopic (exact) mass is 432 g/mol. The van der Waals surface area contributed by atoms with Crippen LogP contribution in [0.2, 0.25) is 0 Å². The number of fused-ring (bicyclic) bond motifs is 1. The lowest BCUT2D eigenvalue weighted by Crippen LogP contribution is -2.43. The van der Waals surface area contributed by atoms with Gasteiger partial charge in [-0.3, -0.25) is 4.98 Å². The molecule has 3 heterocycles. The van der Waals surface area contributed by atoms with Gasteiger partial charge in [0.15, 0.2) is 11.5 Å². The third-order valence-electron chi connectivity index (χ3n) is 4.87. The average molecular weight is 433 g/mol. The molecule has 1 saturated heterocycles. The minimum Gasteiger partial charge on any atom is -0.493 e. The fourth-order valence-electron chi connectivity index (χ4n) is 3.52. The second-order valence-electron chi connectivity index (χ2n) is 6.42. The molecular formula is C20H24N4O5S. The van der Waals surface area contributed by atoms with E-state index in [1.165, 1.54) is 24.3 Å². The van der Waals surface area contributed by atoms with E-state index in [9.17, 15) is 8.42 Å². The van der Waals surface area contributed by atoms with Crippen LogP contribution in [0.5, 0.6) is 11.5 Å². The van der Waals surface area contributed by atoms with Gasteiger partial charge in [0.25, 0.3) is 10.0 Å². The molecule has 9 nitrogen and oxygen atoms in total. The Labute approximate surface area is 175 Å². The number of piperazine rings is 1. The number of anilines is 1. The van der Waals surface area contributed by atoms with E-state index < -0.39 is 10.0 Å². The standard InChI is InChI=1S/C19H22N4O4S.CH2O/c1-26-16-6-3-7-17(19(16)27-2)28(24,25)23-13-15(22-11-9-20-10-12-22)18-14(23)5-4-8-21-18;1-2/h3-8,13,20H,9-12H2,1-2H3;1H2. The third kappa shape index (κ3) is 3.71. The van der Waals surface area contributed by atoms with Gasteiger partial charge < -0.3 is 24.5 Å². The maximum absolute atomic E-state index is 13.6. The van der Waals surface area contributed by atoms with Crippen molar-refractivity contribution in [3.8, 4) is 11.5 Å². The molecule has 160 valence electrons. The molecule has 1 aliphatic rings. The largest absolute Gasteiger partial charge is 0.493 e. The topological polar surface area (TPSA) is 103 Å².